The number of hydrogen-bond donors (Lipinski definition) is 1. The van der Waals surface area contributed by atoms with Gasteiger partial charge in [-0.25, -0.2) is 13.6 Å². The molecule has 0 atom stereocenters. The first-order valence-electron chi connectivity index (χ1n) is 4.19. The monoisotopic (exact) mass is 285 g/mol. The molecule has 3 nitrogen and oxygen atoms in total. The van der Waals surface area contributed by atoms with Crippen molar-refractivity contribution in [3.05, 3.63) is 40.9 Å². The molecule has 2 N–H and O–H groups in total. The van der Waals surface area contributed by atoms with Crippen LogP contribution >= 0.6 is 15.9 Å². The molecule has 2 rings (SSSR count). The Morgan fingerprint density at radius 2 is 1.67 bits per heavy atom. The van der Waals surface area contributed by atoms with Crippen LogP contribution in [0.15, 0.2) is 45.8 Å². The van der Waals surface area contributed by atoms with E-state index in [0.29, 0.717) is 0 Å². The predicted molar refractivity (Wildman–Crippen MR) is 63.0 cm³/mol. The van der Waals surface area contributed by atoms with Crippen molar-refractivity contribution in [1.29, 1.82) is 0 Å². The Bertz CT molecular complexity index is 622. The maximum Gasteiger partial charge on any atom is 0.238 e. The lowest BCUT2D eigenvalue weighted by atomic mass is 10.1. The van der Waals surface area contributed by atoms with Gasteiger partial charge >= 0.3 is 0 Å². The van der Waals surface area contributed by atoms with Crippen molar-refractivity contribution in [2.45, 2.75) is 4.90 Å². The number of fused-ring (bicyclic) bond motifs is 1. The number of hydrogen-bond acceptors (Lipinski definition) is 2. The van der Waals surface area contributed by atoms with Gasteiger partial charge in [0.25, 0.3) is 0 Å². The first-order chi connectivity index (χ1) is 6.97. The van der Waals surface area contributed by atoms with Gasteiger partial charge in [-0.3, -0.25) is 0 Å². The van der Waals surface area contributed by atoms with Gasteiger partial charge in [0.05, 0.1) is 4.90 Å². The highest BCUT2D eigenvalue weighted by molar-refractivity contribution is 9.10. The Balaban J connectivity index is 2.75. The summed E-state index contributed by atoms with van der Waals surface area (Å²) < 4.78 is 23.2. The van der Waals surface area contributed by atoms with E-state index < -0.39 is 10.0 Å². The fourth-order valence-electron chi connectivity index (χ4n) is 1.37. The zero-order valence-electron chi connectivity index (χ0n) is 7.64. The van der Waals surface area contributed by atoms with Crippen LogP contribution in [0.4, 0.5) is 0 Å². The number of rotatable bonds is 1. The average molecular weight is 286 g/mol. The van der Waals surface area contributed by atoms with Gasteiger partial charge in [-0.05, 0) is 35.0 Å². The molecule has 0 amide bonds. The third-order valence-corrected chi connectivity index (χ3v) is 3.51. The minimum Gasteiger partial charge on any atom is -0.225 e. The van der Waals surface area contributed by atoms with Crippen molar-refractivity contribution >= 4 is 36.7 Å². The van der Waals surface area contributed by atoms with Gasteiger partial charge in [0, 0.05) is 4.47 Å². The van der Waals surface area contributed by atoms with E-state index in [1.807, 2.05) is 18.2 Å². The molecule has 0 aliphatic carbocycles. The number of sulfonamides is 1. The number of nitrogens with two attached hydrogens (primary N) is 1. The van der Waals surface area contributed by atoms with E-state index in [0.717, 1.165) is 15.2 Å². The second kappa shape index (κ2) is 3.59. The molecule has 15 heavy (non-hydrogen) atoms. The zero-order chi connectivity index (χ0) is 11.1. The fraction of sp³-hybridized carbons (Fsp3) is 0. The van der Waals surface area contributed by atoms with Gasteiger partial charge in [0.15, 0.2) is 0 Å². The molecule has 0 fully saturated rings. The van der Waals surface area contributed by atoms with E-state index in [4.69, 9.17) is 5.14 Å². The first-order valence-corrected chi connectivity index (χ1v) is 6.53. The molecule has 0 heterocycles. The molecule has 0 aromatic heterocycles. The van der Waals surface area contributed by atoms with E-state index in [2.05, 4.69) is 15.9 Å². The fourth-order valence-corrected chi connectivity index (χ4v) is 2.30. The van der Waals surface area contributed by atoms with Crippen LogP contribution in [0.3, 0.4) is 0 Å². The minimum atomic E-state index is -3.62. The molecule has 5 heteroatoms. The summed E-state index contributed by atoms with van der Waals surface area (Å²) in [4.78, 5) is 0.133. The van der Waals surface area contributed by atoms with Crippen molar-refractivity contribution in [3.63, 3.8) is 0 Å². The molecular weight excluding hydrogens is 278 g/mol. The third-order valence-electron chi connectivity index (χ3n) is 2.10. The van der Waals surface area contributed by atoms with Gasteiger partial charge < -0.3 is 0 Å². The summed E-state index contributed by atoms with van der Waals surface area (Å²) in [6.07, 6.45) is 0. The van der Waals surface area contributed by atoms with Gasteiger partial charge in [0.1, 0.15) is 0 Å². The van der Waals surface area contributed by atoms with Crippen LogP contribution in [-0.2, 0) is 10.0 Å². The van der Waals surface area contributed by atoms with Crippen molar-refractivity contribution < 1.29 is 8.42 Å². The maximum atomic E-state index is 11.1. The van der Waals surface area contributed by atoms with E-state index in [-0.39, 0.29) is 4.90 Å². The van der Waals surface area contributed by atoms with Crippen molar-refractivity contribution in [3.8, 4) is 0 Å². The number of halogens is 1. The quantitative estimate of drug-likeness (QED) is 0.874. The lowest BCUT2D eigenvalue weighted by Crippen LogP contribution is -2.11. The topological polar surface area (TPSA) is 60.2 Å². The largest absolute Gasteiger partial charge is 0.238 e. The number of primary sulfonamides is 1. The molecule has 0 bridgehead atoms. The first kappa shape index (κ1) is 10.6. The molecule has 0 aliphatic heterocycles. The highest BCUT2D eigenvalue weighted by atomic mass is 79.9. The van der Waals surface area contributed by atoms with Crippen molar-refractivity contribution in [2.75, 3.05) is 0 Å². The Morgan fingerprint density at radius 3 is 2.33 bits per heavy atom. The third kappa shape index (κ3) is 2.19. The lowest BCUT2D eigenvalue weighted by molar-refractivity contribution is 0.598. The molecule has 78 valence electrons. The zero-order valence-corrected chi connectivity index (χ0v) is 10.0. The SMILES string of the molecule is NS(=O)(=O)c1ccc2ccc(Br)cc2c1. The summed E-state index contributed by atoms with van der Waals surface area (Å²) in [5.74, 6) is 0. The molecule has 2 aromatic rings. The minimum absolute atomic E-state index is 0.133. The second-order valence-electron chi connectivity index (χ2n) is 3.20. The smallest absolute Gasteiger partial charge is 0.225 e. The van der Waals surface area contributed by atoms with Crippen LogP contribution in [0.5, 0.6) is 0 Å². The molecule has 0 unspecified atom stereocenters. The lowest BCUT2D eigenvalue weighted by Gasteiger charge is -2.01. The van der Waals surface area contributed by atoms with Crippen molar-refractivity contribution in [1.82, 2.24) is 0 Å². The average Bonchev–Trinajstić information content (AvgIpc) is 2.15. The molecule has 0 radical (unpaired) electrons. The summed E-state index contributed by atoms with van der Waals surface area (Å²) in [5, 5.41) is 6.87. The van der Waals surface area contributed by atoms with Crippen molar-refractivity contribution in [2.24, 2.45) is 5.14 Å². The van der Waals surface area contributed by atoms with Gasteiger partial charge in [-0.2, -0.15) is 0 Å². The van der Waals surface area contributed by atoms with Crippen LogP contribution in [0.25, 0.3) is 10.8 Å². The highest BCUT2D eigenvalue weighted by Gasteiger charge is 2.07. The van der Waals surface area contributed by atoms with Crippen LogP contribution in [0, 0.1) is 0 Å². The Hall–Kier alpha value is -0.910. The summed E-state index contributed by atoms with van der Waals surface area (Å²) >= 11 is 3.33. The molecule has 0 aliphatic rings. The van der Waals surface area contributed by atoms with E-state index in [1.54, 1.807) is 12.1 Å². The summed E-state index contributed by atoms with van der Waals surface area (Å²) in [5.41, 5.74) is 0. The van der Waals surface area contributed by atoms with Gasteiger partial charge in [-0.1, -0.05) is 28.1 Å². The summed E-state index contributed by atoms with van der Waals surface area (Å²) in [6, 6.07) is 10.5. The summed E-state index contributed by atoms with van der Waals surface area (Å²) in [6.45, 7) is 0. The van der Waals surface area contributed by atoms with Crippen LogP contribution < -0.4 is 5.14 Å². The summed E-state index contributed by atoms with van der Waals surface area (Å²) in [7, 11) is -3.62. The number of benzene rings is 2. The van der Waals surface area contributed by atoms with E-state index >= 15 is 0 Å². The molecule has 0 saturated heterocycles. The van der Waals surface area contributed by atoms with E-state index in [1.165, 1.54) is 6.07 Å². The van der Waals surface area contributed by atoms with Gasteiger partial charge in [0.2, 0.25) is 10.0 Å². The van der Waals surface area contributed by atoms with Crippen LogP contribution in [-0.4, -0.2) is 8.42 Å². The van der Waals surface area contributed by atoms with E-state index in [9.17, 15) is 8.42 Å². The second-order valence-corrected chi connectivity index (χ2v) is 5.68. The molecule has 0 saturated carbocycles. The van der Waals surface area contributed by atoms with Crippen LogP contribution in [0.2, 0.25) is 0 Å². The molecule has 0 spiro atoms. The maximum absolute atomic E-state index is 11.1. The predicted octanol–water partition coefficient (Wildman–Crippen LogP) is 2.25. The van der Waals surface area contributed by atoms with Crippen LogP contribution in [0.1, 0.15) is 0 Å². The highest BCUT2D eigenvalue weighted by Crippen LogP contribution is 2.22. The normalized spacial score (nSPS) is 11.9. The Kier molecular flexibility index (Phi) is 2.54. The standard InChI is InChI=1S/C10H8BrNO2S/c11-9-3-1-7-2-4-10(15(12,13)14)6-8(7)5-9/h1-6H,(H2,12,13,14). The molecule has 2 aromatic carbocycles. The Labute approximate surface area is 96.1 Å². The molecular formula is C10H8BrNO2S. The Morgan fingerprint density at radius 1 is 1.00 bits per heavy atom. The van der Waals surface area contributed by atoms with Gasteiger partial charge in [-0.15, -0.1) is 0 Å².